The topological polar surface area (TPSA) is 76.7 Å². The molecule has 1 aliphatic rings. The zero-order chi connectivity index (χ0) is 19.1. The number of ether oxygens (including phenoxy) is 2. The van der Waals surface area contributed by atoms with Gasteiger partial charge in [-0.3, -0.25) is 9.59 Å². The SMILES string of the molecule is CCOc1ccc(OCCCC(=O)Nc2ccc3c(c2)CCC(=O)N3)cc1. The monoisotopic (exact) mass is 368 g/mol. The summed E-state index contributed by atoms with van der Waals surface area (Å²) < 4.78 is 11.0. The quantitative estimate of drug-likeness (QED) is 0.696. The Morgan fingerprint density at radius 1 is 1.07 bits per heavy atom. The maximum atomic E-state index is 12.1. The van der Waals surface area contributed by atoms with E-state index in [0.29, 0.717) is 38.9 Å². The Labute approximate surface area is 158 Å². The van der Waals surface area contributed by atoms with Crippen molar-refractivity contribution in [3.8, 4) is 11.5 Å². The number of anilines is 2. The second kappa shape index (κ2) is 9.07. The fourth-order valence-electron chi connectivity index (χ4n) is 2.91. The van der Waals surface area contributed by atoms with Gasteiger partial charge in [0.25, 0.3) is 0 Å². The van der Waals surface area contributed by atoms with Crippen molar-refractivity contribution in [2.75, 3.05) is 23.8 Å². The first-order valence-electron chi connectivity index (χ1n) is 9.22. The molecule has 27 heavy (non-hydrogen) atoms. The van der Waals surface area contributed by atoms with Gasteiger partial charge in [0.2, 0.25) is 11.8 Å². The largest absolute Gasteiger partial charge is 0.494 e. The van der Waals surface area contributed by atoms with Crippen molar-refractivity contribution in [3.05, 3.63) is 48.0 Å². The average Bonchev–Trinajstić information content (AvgIpc) is 2.67. The van der Waals surface area contributed by atoms with E-state index in [1.54, 1.807) is 6.07 Å². The van der Waals surface area contributed by atoms with Gasteiger partial charge in [0, 0.05) is 24.2 Å². The van der Waals surface area contributed by atoms with E-state index >= 15 is 0 Å². The van der Waals surface area contributed by atoms with Crippen LogP contribution in [-0.4, -0.2) is 25.0 Å². The summed E-state index contributed by atoms with van der Waals surface area (Å²) in [6, 6.07) is 13.0. The van der Waals surface area contributed by atoms with E-state index in [1.807, 2.05) is 43.3 Å². The Kier molecular flexibility index (Phi) is 6.30. The lowest BCUT2D eigenvalue weighted by Gasteiger charge is -2.17. The molecule has 0 radical (unpaired) electrons. The third-order valence-electron chi connectivity index (χ3n) is 4.24. The molecule has 2 N–H and O–H groups in total. The fraction of sp³-hybridized carbons (Fsp3) is 0.333. The number of hydrogen-bond acceptors (Lipinski definition) is 4. The molecule has 0 fully saturated rings. The van der Waals surface area contributed by atoms with Crippen LogP contribution in [0.1, 0.15) is 31.7 Å². The van der Waals surface area contributed by atoms with Crippen LogP contribution in [-0.2, 0) is 16.0 Å². The lowest BCUT2D eigenvalue weighted by Crippen LogP contribution is -2.19. The maximum absolute atomic E-state index is 12.1. The predicted octanol–water partition coefficient (Wildman–Crippen LogP) is 3.77. The maximum Gasteiger partial charge on any atom is 0.224 e. The summed E-state index contributed by atoms with van der Waals surface area (Å²) in [6.45, 7) is 3.04. The number of carbonyl (C=O) groups excluding carboxylic acids is 2. The normalized spacial score (nSPS) is 12.7. The van der Waals surface area contributed by atoms with Crippen molar-refractivity contribution in [3.63, 3.8) is 0 Å². The van der Waals surface area contributed by atoms with Gasteiger partial charge < -0.3 is 20.1 Å². The number of hydrogen-bond donors (Lipinski definition) is 2. The molecule has 1 aliphatic heterocycles. The molecule has 0 saturated carbocycles. The molecule has 1 heterocycles. The van der Waals surface area contributed by atoms with E-state index in [1.165, 1.54) is 0 Å². The van der Waals surface area contributed by atoms with Crippen LogP contribution in [0.2, 0.25) is 0 Å². The van der Waals surface area contributed by atoms with E-state index in [2.05, 4.69) is 10.6 Å². The lowest BCUT2D eigenvalue weighted by atomic mass is 10.0. The van der Waals surface area contributed by atoms with E-state index < -0.39 is 0 Å². The van der Waals surface area contributed by atoms with E-state index in [4.69, 9.17) is 9.47 Å². The number of rotatable bonds is 8. The number of nitrogens with one attached hydrogen (secondary N) is 2. The van der Waals surface area contributed by atoms with Crippen LogP contribution in [0.3, 0.4) is 0 Å². The molecule has 2 aromatic rings. The van der Waals surface area contributed by atoms with E-state index in [0.717, 1.165) is 28.4 Å². The number of fused-ring (bicyclic) bond motifs is 1. The molecule has 0 bridgehead atoms. The van der Waals surface area contributed by atoms with Crippen molar-refractivity contribution >= 4 is 23.2 Å². The minimum absolute atomic E-state index is 0.0341. The standard InChI is InChI=1S/C21H24N2O4/c1-2-26-17-7-9-18(10-8-17)27-13-3-4-20(24)22-16-6-11-19-15(14-16)5-12-21(25)23-19/h6-11,14H,2-5,12-13H2,1H3,(H,22,24)(H,23,25). The Morgan fingerprint density at radius 3 is 2.56 bits per heavy atom. The first kappa shape index (κ1) is 18.8. The van der Waals surface area contributed by atoms with Gasteiger partial charge in [0.1, 0.15) is 11.5 Å². The highest BCUT2D eigenvalue weighted by Gasteiger charge is 2.15. The van der Waals surface area contributed by atoms with Crippen LogP contribution in [0.15, 0.2) is 42.5 Å². The van der Waals surface area contributed by atoms with Crippen LogP contribution in [0.4, 0.5) is 11.4 Å². The van der Waals surface area contributed by atoms with Crippen LogP contribution < -0.4 is 20.1 Å². The summed E-state index contributed by atoms with van der Waals surface area (Å²) >= 11 is 0. The number of aryl methyl sites for hydroxylation is 1. The van der Waals surface area contributed by atoms with Crippen molar-refractivity contribution < 1.29 is 19.1 Å². The molecule has 6 heteroatoms. The molecule has 0 unspecified atom stereocenters. The van der Waals surface area contributed by atoms with Gasteiger partial charge >= 0.3 is 0 Å². The highest BCUT2D eigenvalue weighted by Crippen LogP contribution is 2.25. The number of benzene rings is 2. The minimum atomic E-state index is -0.0508. The zero-order valence-corrected chi connectivity index (χ0v) is 15.4. The Morgan fingerprint density at radius 2 is 1.81 bits per heavy atom. The second-order valence-electron chi connectivity index (χ2n) is 6.32. The van der Waals surface area contributed by atoms with Gasteiger partial charge in [0.15, 0.2) is 0 Å². The van der Waals surface area contributed by atoms with Crippen molar-refractivity contribution in [2.45, 2.75) is 32.6 Å². The summed E-state index contributed by atoms with van der Waals surface area (Å²) in [5.74, 6) is 1.56. The van der Waals surface area contributed by atoms with Crippen LogP contribution >= 0.6 is 0 Å². The fourth-order valence-corrected chi connectivity index (χ4v) is 2.91. The Hall–Kier alpha value is -3.02. The Bertz CT molecular complexity index is 802. The van der Waals surface area contributed by atoms with E-state index in [9.17, 15) is 9.59 Å². The smallest absolute Gasteiger partial charge is 0.224 e. The molecular weight excluding hydrogens is 344 g/mol. The minimum Gasteiger partial charge on any atom is -0.494 e. The summed E-state index contributed by atoms with van der Waals surface area (Å²) in [5.41, 5.74) is 2.63. The molecule has 2 amide bonds. The average molecular weight is 368 g/mol. The summed E-state index contributed by atoms with van der Waals surface area (Å²) in [5, 5.41) is 5.73. The van der Waals surface area contributed by atoms with E-state index in [-0.39, 0.29) is 11.8 Å². The predicted molar refractivity (Wildman–Crippen MR) is 104 cm³/mol. The summed E-state index contributed by atoms with van der Waals surface area (Å²) in [4.78, 5) is 23.5. The summed E-state index contributed by atoms with van der Waals surface area (Å²) in [6.07, 6.45) is 2.18. The van der Waals surface area contributed by atoms with Gasteiger partial charge in [-0.1, -0.05) is 0 Å². The molecule has 0 atom stereocenters. The molecule has 142 valence electrons. The molecule has 3 rings (SSSR count). The van der Waals surface area contributed by atoms with Gasteiger partial charge in [-0.2, -0.15) is 0 Å². The van der Waals surface area contributed by atoms with Gasteiger partial charge in [-0.05, 0) is 67.8 Å². The molecule has 6 nitrogen and oxygen atoms in total. The highest BCUT2D eigenvalue weighted by atomic mass is 16.5. The first-order valence-corrected chi connectivity index (χ1v) is 9.22. The molecule has 0 spiro atoms. The molecular formula is C21H24N2O4. The highest BCUT2D eigenvalue weighted by molar-refractivity contribution is 5.95. The molecule has 0 aromatic heterocycles. The number of carbonyl (C=O) groups is 2. The zero-order valence-electron chi connectivity index (χ0n) is 15.4. The first-order chi connectivity index (χ1) is 13.1. The van der Waals surface area contributed by atoms with Crippen molar-refractivity contribution in [1.29, 1.82) is 0 Å². The molecule has 0 aliphatic carbocycles. The number of amides is 2. The lowest BCUT2D eigenvalue weighted by molar-refractivity contribution is -0.117. The molecule has 0 saturated heterocycles. The van der Waals surface area contributed by atoms with Gasteiger partial charge in [-0.25, -0.2) is 0 Å². The van der Waals surface area contributed by atoms with Crippen LogP contribution in [0.25, 0.3) is 0 Å². The van der Waals surface area contributed by atoms with Gasteiger partial charge in [-0.15, -0.1) is 0 Å². The Balaban J connectivity index is 1.40. The van der Waals surface area contributed by atoms with Crippen LogP contribution in [0, 0.1) is 0 Å². The molecule has 2 aromatic carbocycles. The third-order valence-corrected chi connectivity index (χ3v) is 4.24. The van der Waals surface area contributed by atoms with Gasteiger partial charge in [0.05, 0.1) is 13.2 Å². The summed E-state index contributed by atoms with van der Waals surface area (Å²) in [7, 11) is 0. The van der Waals surface area contributed by atoms with Crippen molar-refractivity contribution in [2.24, 2.45) is 0 Å². The third kappa shape index (κ3) is 5.48. The van der Waals surface area contributed by atoms with Crippen molar-refractivity contribution in [1.82, 2.24) is 0 Å². The second-order valence-corrected chi connectivity index (χ2v) is 6.32. The van der Waals surface area contributed by atoms with Crippen LogP contribution in [0.5, 0.6) is 11.5 Å².